The molecule has 1 fully saturated rings. The summed E-state index contributed by atoms with van der Waals surface area (Å²) in [6.07, 6.45) is 0.236. The molecule has 2 aromatic carbocycles. The highest BCUT2D eigenvalue weighted by Crippen LogP contribution is 2.34. The van der Waals surface area contributed by atoms with Crippen LogP contribution in [0.25, 0.3) is 0 Å². The monoisotopic (exact) mass is 459 g/mol. The zero-order chi connectivity index (χ0) is 23.2. The third-order valence-corrected chi connectivity index (χ3v) is 5.56. The zero-order valence-electron chi connectivity index (χ0n) is 17.9. The lowest BCUT2D eigenvalue weighted by Crippen LogP contribution is -2.52. The molecule has 3 amide bonds. The van der Waals surface area contributed by atoms with Crippen LogP contribution in [0, 0.1) is 5.82 Å². The first-order valence-electron chi connectivity index (χ1n) is 10.7. The highest BCUT2D eigenvalue weighted by atomic mass is 19.1. The van der Waals surface area contributed by atoms with Crippen LogP contribution in [0.1, 0.15) is 24.8 Å². The van der Waals surface area contributed by atoms with Gasteiger partial charge in [-0.3, -0.25) is 4.79 Å². The molecule has 0 aromatic heterocycles. The topological polar surface area (TPSA) is 118 Å². The number of nitrogens with one attached hydrogen (secondary N) is 3. The van der Waals surface area contributed by atoms with Gasteiger partial charge in [-0.25, -0.2) is 9.18 Å². The molecule has 3 atom stereocenters. The molecule has 1 saturated heterocycles. The normalized spacial score (nSPS) is 21.3. The van der Waals surface area contributed by atoms with E-state index in [1.54, 1.807) is 30.3 Å². The maximum absolute atomic E-state index is 13.0. The maximum atomic E-state index is 13.0. The van der Waals surface area contributed by atoms with Crippen LogP contribution in [0.4, 0.5) is 14.9 Å². The second-order valence-corrected chi connectivity index (χ2v) is 7.94. The number of aliphatic hydroxyl groups is 1. The maximum Gasteiger partial charge on any atom is 0.319 e. The molecule has 0 spiro atoms. The number of anilines is 1. The summed E-state index contributed by atoms with van der Waals surface area (Å²) < 4.78 is 29.4. The number of hydrogen-bond acceptors (Lipinski definition) is 6. The van der Waals surface area contributed by atoms with Crippen LogP contribution < -0.4 is 25.4 Å². The van der Waals surface area contributed by atoms with E-state index in [-0.39, 0.29) is 37.6 Å². The van der Waals surface area contributed by atoms with E-state index in [2.05, 4.69) is 16.0 Å². The van der Waals surface area contributed by atoms with Gasteiger partial charge in [-0.15, -0.1) is 0 Å². The van der Waals surface area contributed by atoms with E-state index in [0.717, 1.165) is 5.56 Å². The number of halogens is 1. The SMILES string of the molecule is O=C(C[C@H]1CC[C@@H](NC(=O)Nc2ccc3c(c2)OCO3)[C@@H](CO)O1)NCc1ccc(F)cc1. The molecule has 0 aliphatic carbocycles. The first-order valence-corrected chi connectivity index (χ1v) is 10.7. The van der Waals surface area contributed by atoms with Gasteiger partial charge in [-0.1, -0.05) is 12.1 Å². The minimum absolute atomic E-state index is 0.133. The average Bonchev–Trinajstić information content (AvgIpc) is 3.27. The van der Waals surface area contributed by atoms with Crippen LogP contribution in [0.15, 0.2) is 42.5 Å². The minimum Gasteiger partial charge on any atom is -0.454 e. The number of carbonyl (C=O) groups is 2. The number of ether oxygens (including phenoxy) is 3. The lowest BCUT2D eigenvalue weighted by molar-refractivity contribution is -0.130. The number of fused-ring (bicyclic) bond motifs is 1. The molecular weight excluding hydrogens is 433 g/mol. The molecule has 0 saturated carbocycles. The smallest absolute Gasteiger partial charge is 0.319 e. The van der Waals surface area contributed by atoms with Crippen molar-refractivity contribution in [1.82, 2.24) is 10.6 Å². The Bertz CT molecular complexity index is 987. The van der Waals surface area contributed by atoms with E-state index in [1.807, 2.05) is 0 Å². The predicted octanol–water partition coefficient (Wildman–Crippen LogP) is 2.29. The van der Waals surface area contributed by atoms with Crippen LogP contribution in [0.2, 0.25) is 0 Å². The van der Waals surface area contributed by atoms with Crippen molar-refractivity contribution >= 4 is 17.6 Å². The fourth-order valence-electron chi connectivity index (χ4n) is 3.84. The van der Waals surface area contributed by atoms with Crippen molar-refractivity contribution in [1.29, 1.82) is 0 Å². The molecular formula is C23H26FN3O6. The average molecular weight is 459 g/mol. The number of aliphatic hydroxyl groups excluding tert-OH is 1. The quantitative estimate of drug-likeness (QED) is 0.505. The van der Waals surface area contributed by atoms with Gasteiger partial charge in [0.05, 0.1) is 25.2 Å². The Morgan fingerprint density at radius 2 is 1.85 bits per heavy atom. The summed E-state index contributed by atoms with van der Waals surface area (Å²) >= 11 is 0. The highest BCUT2D eigenvalue weighted by molar-refractivity contribution is 5.90. The van der Waals surface area contributed by atoms with E-state index in [1.165, 1.54) is 12.1 Å². The van der Waals surface area contributed by atoms with Crippen molar-refractivity contribution in [3.8, 4) is 11.5 Å². The first kappa shape index (κ1) is 22.8. The van der Waals surface area contributed by atoms with Gasteiger partial charge < -0.3 is 35.3 Å². The van der Waals surface area contributed by atoms with E-state index in [0.29, 0.717) is 36.6 Å². The largest absolute Gasteiger partial charge is 0.454 e. The number of amides is 3. The van der Waals surface area contributed by atoms with Gasteiger partial charge in [0.2, 0.25) is 12.7 Å². The second-order valence-electron chi connectivity index (χ2n) is 7.94. The summed E-state index contributed by atoms with van der Waals surface area (Å²) in [5.74, 6) is 0.647. The van der Waals surface area contributed by atoms with Gasteiger partial charge in [0.1, 0.15) is 11.9 Å². The first-order chi connectivity index (χ1) is 16.0. The number of benzene rings is 2. The van der Waals surface area contributed by atoms with E-state index in [9.17, 15) is 19.1 Å². The molecule has 9 nitrogen and oxygen atoms in total. The van der Waals surface area contributed by atoms with Gasteiger partial charge in [0.25, 0.3) is 0 Å². The third-order valence-electron chi connectivity index (χ3n) is 5.56. The molecule has 176 valence electrons. The molecule has 33 heavy (non-hydrogen) atoms. The van der Waals surface area contributed by atoms with Crippen molar-refractivity contribution in [3.63, 3.8) is 0 Å². The van der Waals surface area contributed by atoms with Crippen molar-refractivity contribution in [2.24, 2.45) is 0 Å². The molecule has 4 N–H and O–H groups in total. The van der Waals surface area contributed by atoms with Crippen molar-refractivity contribution < 1.29 is 33.3 Å². The summed E-state index contributed by atoms with van der Waals surface area (Å²) in [7, 11) is 0. The Labute approximate surface area is 190 Å². The van der Waals surface area contributed by atoms with E-state index >= 15 is 0 Å². The standard InChI is InChI=1S/C23H26FN3O6/c24-15-3-1-14(2-4-15)11-25-22(29)10-17-6-7-18(21(12-28)33-17)27-23(30)26-16-5-8-19-20(9-16)32-13-31-19/h1-5,8-9,17-18,21,28H,6-7,10-13H2,(H,25,29)(H2,26,27,30)/t17-,18-,21-/m1/s1. The lowest BCUT2D eigenvalue weighted by Gasteiger charge is -2.35. The molecule has 0 bridgehead atoms. The Kier molecular flexibility index (Phi) is 7.26. The highest BCUT2D eigenvalue weighted by Gasteiger charge is 2.33. The molecule has 2 aliphatic rings. The third kappa shape index (κ3) is 6.11. The number of hydrogen-bond donors (Lipinski definition) is 4. The molecule has 0 unspecified atom stereocenters. The Morgan fingerprint density at radius 3 is 2.64 bits per heavy atom. The molecule has 2 aliphatic heterocycles. The summed E-state index contributed by atoms with van der Waals surface area (Å²) in [5.41, 5.74) is 1.34. The molecule has 10 heteroatoms. The van der Waals surface area contributed by atoms with Crippen molar-refractivity contribution in [2.45, 2.75) is 44.1 Å². The van der Waals surface area contributed by atoms with Gasteiger partial charge in [0.15, 0.2) is 11.5 Å². The Balaban J connectivity index is 1.22. The summed E-state index contributed by atoms with van der Waals surface area (Å²) in [6, 6.07) is 10.2. The van der Waals surface area contributed by atoms with Crippen LogP contribution in [0.3, 0.4) is 0 Å². The summed E-state index contributed by atoms with van der Waals surface area (Å²) in [6.45, 7) is 0.149. The fraction of sp³-hybridized carbons (Fsp3) is 0.391. The number of carbonyl (C=O) groups excluding carboxylic acids is 2. The number of urea groups is 1. The lowest BCUT2D eigenvalue weighted by atomic mass is 9.97. The molecule has 0 radical (unpaired) electrons. The summed E-state index contributed by atoms with van der Waals surface area (Å²) in [4.78, 5) is 24.7. The Hall–Kier alpha value is -3.37. The summed E-state index contributed by atoms with van der Waals surface area (Å²) in [5, 5.41) is 18.1. The van der Waals surface area contributed by atoms with Crippen molar-refractivity contribution in [2.75, 3.05) is 18.7 Å². The minimum atomic E-state index is -0.629. The van der Waals surface area contributed by atoms with Crippen LogP contribution in [-0.4, -0.2) is 48.7 Å². The molecule has 2 aromatic rings. The van der Waals surface area contributed by atoms with Crippen molar-refractivity contribution in [3.05, 3.63) is 53.8 Å². The van der Waals surface area contributed by atoms with Crippen LogP contribution in [-0.2, 0) is 16.1 Å². The van der Waals surface area contributed by atoms with Crippen LogP contribution >= 0.6 is 0 Å². The second kappa shape index (κ2) is 10.5. The molecule has 4 rings (SSSR count). The molecule has 2 heterocycles. The van der Waals surface area contributed by atoms with Gasteiger partial charge in [0, 0.05) is 18.3 Å². The number of rotatable bonds is 7. The van der Waals surface area contributed by atoms with Gasteiger partial charge in [-0.2, -0.15) is 0 Å². The van der Waals surface area contributed by atoms with Gasteiger partial charge in [-0.05, 0) is 42.7 Å². The zero-order valence-corrected chi connectivity index (χ0v) is 17.9. The van der Waals surface area contributed by atoms with E-state index < -0.39 is 18.2 Å². The predicted molar refractivity (Wildman–Crippen MR) is 116 cm³/mol. The fourth-order valence-corrected chi connectivity index (χ4v) is 3.84. The van der Waals surface area contributed by atoms with Crippen LogP contribution in [0.5, 0.6) is 11.5 Å². The van der Waals surface area contributed by atoms with E-state index in [4.69, 9.17) is 14.2 Å². The Morgan fingerprint density at radius 1 is 1.06 bits per heavy atom. The van der Waals surface area contributed by atoms with Gasteiger partial charge >= 0.3 is 6.03 Å².